The number of aromatic nitrogens is 2. The molecule has 0 radical (unpaired) electrons. The first kappa shape index (κ1) is 19.4. The minimum absolute atomic E-state index is 0.121. The van der Waals surface area contributed by atoms with Gasteiger partial charge in [0.25, 0.3) is 5.91 Å². The van der Waals surface area contributed by atoms with Gasteiger partial charge in [-0.1, -0.05) is 30.3 Å². The topological polar surface area (TPSA) is 76.1 Å². The number of carbonyl (C=O) groups excluding carboxylic acids is 1. The third-order valence-corrected chi connectivity index (χ3v) is 3.86. The van der Waals surface area contributed by atoms with Gasteiger partial charge in [0.05, 0.1) is 6.10 Å². The Bertz CT molecular complexity index is 925. The van der Waals surface area contributed by atoms with Gasteiger partial charge in [-0.15, -0.1) is 0 Å². The van der Waals surface area contributed by atoms with Gasteiger partial charge in [0.1, 0.15) is 11.4 Å². The van der Waals surface area contributed by atoms with Crippen LogP contribution in [0.2, 0.25) is 0 Å². The van der Waals surface area contributed by atoms with Gasteiger partial charge in [0.2, 0.25) is 5.95 Å². The second kappa shape index (κ2) is 8.99. The smallest absolute Gasteiger partial charge is 0.270 e. The fraction of sp³-hybridized carbons (Fsp3) is 0.227. The van der Waals surface area contributed by atoms with E-state index in [0.717, 1.165) is 17.0 Å². The maximum atomic E-state index is 12.5. The maximum Gasteiger partial charge on any atom is 0.270 e. The zero-order chi connectivity index (χ0) is 19.9. The lowest BCUT2D eigenvalue weighted by molar-refractivity contribution is 0.0945. The Morgan fingerprint density at radius 3 is 2.43 bits per heavy atom. The molecule has 28 heavy (non-hydrogen) atoms. The summed E-state index contributed by atoms with van der Waals surface area (Å²) in [7, 11) is 0. The van der Waals surface area contributed by atoms with Crippen LogP contribution in [0.1, 0.15) is 35.6 Å². The number of hydrogen-bond donors (Lipinski definition) is 2. The molecule has 2 N–H and O–H groups in total. The molecule has 1 aromatic heterocycles. The van der Waals surface area contributed by atoms with E-state index in [1.54, 1.807) is 6.07 Å². The largest absolute Gasteiger partial charge is 0.491 e. The van der Waals surface area contributed by atoms with Crippen LogP contribution in [-0.2, 0) is 6.54 Å². The Labute approximate surface area is 165 Å². The number of amides is 1. The molecule has 3 aromatic rings. The monoisotopic (exact) mass is 376 g/mol. The minimum atomic E-state index is -0.238. The van der Waals surface area contributed by atoms with Crippen LogP contribution >= 0.6 is 0 Å². The van der Waals surface area contributed by atoms with Crippen molar-refractivity contribution in [3.63, 3.8) is 0 Å². The van der Waals surface area contributed by atoms with Crippen LogP contribution in [-0.4, -0.2) is 22.0 Å². The third-order valence-electron chi connectivity index (χ3n) is 3.86. The standard InChI is InChI=1S/C22H24N4O2/c1-15(2)28-19-11-9-18(10-12-19)25-22-24-16(3)13-20(26-22)21(27)23-14-17-7-5-4-6-8-17/h4-13,15H,14H2,1-3H3,(H,23,27)(H,24,25,26). The zero-order valence-corrected chi connectivity index (χ0v) is 16.3. The summed E-state index contributed by atoms with van der Waals surface area (Å²) in [5, 5.41) is 6.02. The van der Waals surface area contributed by atoms with Gasteiger partial charge in [-0.05, 0) is 56.7 Å². The van der Waals surface area contributed by atoms with Crippen molar-refractivity contribution >= 4 is 17.5 Å². The Hall–Kier alpha value is -3.41. The molecule has 0 aliphatic carbocycles. The number of aryl methyl sites for hydroxylation is 1. The van der Waals surface area contributed by atoms with E-state index in [-0.39, 0.29) is 12.0 Å². The summed E-state index contributed by atoms with van der Waals surface area (Å²) in [6.07, 6.45) is 0.121. The molecule has 1 amide bonds. The van der Waals surface area contributed by atoms with Crippen molar-refractivity contribution in [1.82, 2.24) is 15.3 Å². The molecule has 0 saturated heterocycles. The highest BCUT2D eigenvalue weighted by atomic mass is 16.5. The summed E-state index contributed by atoms with van der Waals surface area (Å²) in [5.74, 6) is 0.937. The van der Waals surface area contributed by atoms with Crippen molar-refractivity contribution in [3.05, 3.63) is 77.6 Å². The molecule has 3 rings (SSSR count). The van der Waals surface area contributed by atoms with Crippen molar-refractivity contribution in [2.24, 2.45) is 0 Å². The Morgan fingerprint density at radius 1 is 1.04 bits per heavy atom. The number of carbonyl (C=O) groups is 1. The summed E-state index contributed by atoms with van der Waals surface area (Å²) in [6.45, 7) is 6.25. The van der Waals surface area contributed by atoms with E-state index in [1.165, 1.54) is 0 Å². The van der Waals surface area contributed by atoms with Gasteiger partial charge in [-0.25, -0.2) is 9.97 Å². The van der Waals surface area contributed by atoms with Crippen LogP contribution in [0, 0.1) is 6.92 Å². The number of benzene rings is 2. The van der Waals surface area contributed by atoms with Crippen LogP contribution < -0.4 is 15.4 Å². The van der Waals surface area contributed by atoms with Crippen LogP contribution in [0.25, 0.3) is 0 Å². The molecule has 2 aromatic carbocycles. The molecule has 0 fully saturated rings. The van der Waals surface area contributed by atoms with E-state index >= 15 is 0 Å². The zero-order valence-electron chi connectivity index (χ0n) is 16.3. The lowest BCUT2D eigenvalue weighted by Crippen LogP contribution is -2.24. The molecule has 0 aliphatic heterocycles. The molecular formula is C22H24N4O2. The quantitative estimate of drug-likeness (QED) is 0.645. The van der Waals surface area contributed by atoms with E-state index in [2.05, 4.69) is 20.6 Å². The van der Waals surface area contributed by atoms with Crippen LogP contribution in [0.5, 0.6) is 5.75 Å². The first-order valence-electron chi connectivity index (χ1n) is 9.21. The van der Waals surface area contributed by atoms with Crippen molar-refractivity contribution in [1.29, 1.82) is 0 Å². The molecule has 0 atom stereocenters. The fourth-order valence-electron chi connectivity index (χ4n) is 2.63. The number of nitrogens with zero attached hydrogens (tertiary/aromatic N) is 2. The first-order chi connectivity index (χ1) is 13.5. The summed E-state index contributed by atoms with van der Waals surface area (Å²) in [6, 6.07) is 19.0. The summed E-state index contributed by atoms with van der Waals surface area (Å²) in [5.41, 5.74) is 2.88. The summed E-state index contributed by atoms with van der Waals surface area (Å²) < 4.78 is 5.64. The van der Waals surface area contributed by atoms with Crippen molar-refractivity contribution in [2.45, 2.75) is 33.4 Å². The first-order valence-corrected chi connectivity index (χ1v) is 9.21. The highest BCUT2D eigenvalue weighted by Crippen LogP contribution is 2.19. The third kappa shape index (κ3) is 5.54. The van der Waals surface area contributed by atoms with E-state index in [1.807, 2.05) is 75.4 Å². The van der Waals surface area contributed by atoms with E-state index in [9.17, 15) is 4.79 Å². The fourth-order valence-corrected chi connectivity index (χ4v) is 2.63. The summed E-state index contributed by atoms with van der Waals surface area (Å²) in [4.78, 5) is 21.2. The molecule has 0 unspecified atom stereocenters. The van der Waals surface area contributed by atoms with Gasteiger partial charge in [0, 0.05) is 17.9 Å². The Balaban J connectivity index is 1.67. The van der Waals surface area contributed by atoms with Gasteiger partial charge in [-0.2, -0.15) is 0 Å². The molecule has 1 heterocycles. The van der Waals surface area contributed by atoms with Gasteiger partial charge < -0.3 is 15.4 Å². The predicted molar refractivity (Wildman–Crippen MR) is 110 cm³/mol. The highest BCUT2D eigenvalue weighted by molar-refractivity contribution is 5.92. The average molecular weight is 376 g/mol. The number of nitrogens with one attached hydrogen (secondary N) is 2. The molecule has 0 saturated carbocycles. The average Bonchev–Trinajstić information content (AvgIpc) is 2.67. The Kier molecular flexibility index (Phi) is 6.22. The van der Waals surface area contributed by atoms with Gasteiger partial charge in [-0.3, -0.25) is 4.79 Å². The Morgan fingerprint density at radius 2 is 1.75 bits per heavy atom. The second-order valence-corrected chi connectivity index (χ2v) is 6.70. The van der Waals surface area contributed by atoms with E-state index in [4.69, 9.17) is 4.74 Å². The van der Waals surface area contributed by atoms with E-state index in [0.29, 0.717) is 23.9 Å². The van der Waals surface area contributed by atoms with Crippen molar-refractivity contribution < 1.29 is 9.53 Å². The van der Waals surface area contributed by atoms with Crippen LogP contribution in [0.4, 0.5) is 11.6 Å². The number of rotatable bonds is 7. The number of ether oxygens (including phenoxy) is 1. The SMILES string of the molecule is Cc1cc(C(=O)NCc2ccccc2)nc(Nc2ccc(OC(C)C)cc2)n1. The lowest BCUT2D eigenvalue weighted by Gasteiger charge is -2.11. The van der Waals surface area contributed by atoms with E-state index < -0.39 is 0 Å². The van der Waals surface area contributed by atoms with Crippen molar-refractivity contribution in [2.75, 3.05) is 5.32 Å². The molecule has 6 nitrogen and oxygen atoms in total. The lowest BCUT2D eigenvalue weighted by atomic mass is 10.2. The molecular weight excluding hydrogens is 352 g/mol. The normalized spacial score (nSPS) is 10.6. The minimum Gasteiger partial charge on any atom is -0.491 e. The molecule has 6 heteroatoms. The molecule has 0 spiro atoms. The second-order valence-electron chi connectivity index (χ2n) is 6.70. The van der Waals surface area contributed by atoms with Crippen LogP contribution in [0.3, 0.4) is 0 Å². The van der Waals surface area contributed by atoms with Crippen molar-refractivity contribution in [3.8, 4) is 5.75 Å². The molecule has 0 bridgehead atoms. The molecule has 144 valence electrons. The molecule has 0 aliphatic rings. The predicted octanol–water partition coefficient (Wildman–Crippen LogP) is 4.25. The summed E-state index contributed by atoms with van der Waals surface area (Å²) >= 11 is 0. The number of anilines is 2. The number of hydrogen-bond acceptors (Lipinski definition) is 5. The van der Waals surface area contributed by atoms with Gasteiger partial charge in [0.15, 0.2) is 0 Å². The highest BCUT2D eigenvalue weighted by Gasteiger charge is 2.11. The van der Waals surface area contributed by atoms with Crippen LogP contribution in [0.15, 0.2) is 60.7 Å². The maximum absolute atomic E-state index is 12.5. The van der Waals surface area contributed by atoms with Gasteiger partial charge >= 0.3 is 0 Å².